The van der Waals surface area contributed by atoms with E-state index in [1.54, 1.807) is 25.1 Å². The lowest BCUT2D eigenvalue weighted by Crippen LogP contribution is -2.06. The number of carbonyl (C=O) groups is 3. The molecule has 0 radical (unpaired) electrons. The van der Waals surface area contributed by atoms with Gasteiger partial charge in [0.1, 0.15) is 5.78 Å². The largest absolute Gasteiger partial charge is 0.381 e. The SMILES string of the molecule is CC(=O)Cc1ccc(/C=C/C(=O)c2cccc(NCc3ccc(NC(C)=O)cc3)c2)cc1. The molecule has 0 spiro atoms. The van der Waals surface area contributed by atoms with Gasteiger partial charge in [-0.05, 0) is 54.0 Å². The maximum Gasteiger partial charge on any atom is 0.221 e. The van der Waals surface area contributed by atoms with Crippen LogP contribution in [0.3, 0.4) is 0 Å². The molecule has 3 aromatic rings. The van der Waals surface area contributed by atoms with Crippen LogP contribution >= 0.6 is 0 Å². The Labute approximate surface area is 188 Å². The van der Waals surface area contributed by atoms with Crippen LogP contribution in [0.1, 0.15) is 40.9 Å². The second-order valence-corrected chi connectivity index (χ2v) is 7.63. The molecule has 0 aliphatic rings. The van der Waals surface area contributed by atoms with Crippen LogP contribution in [0.25, 0.3) is 6.08 Å². The Morgan fingerprint density at radius 2 is 1.50 bits per heavy atom. The number of Topliss-reactive ketones (excluding diaryl/α,β-unsaturated/α-hetero) is 1. The highest BCUT2D eigenvalue weighted by Crippen LogP contribution is 2.16. The molecule has 0 heterocycles. The lowest BCUT2D eigenvalue weighted by molar-refractivity contribution is -0.116. The number of nitrogens with one attached hydrogen (secondary N) is 2. The van der Waals surface area contributed by atoms with Crippen LogP contribution in [0.2, 0.25) is 0 Å². The summed E-state index contributed by atoms with van der Waals surface area (Å²) >= 11 is 0. The molecule has 0 aromatic heterocycles. The second-order valence-electron chi connectivity index (χ2n) is 7.63. The first kappa shape index (κ1) is 22.7. The van der Waals surface area contributed by atoms with E-state index in [1.807, 2.05) is 66.7 Å². The van der Waals surface area contributed by atoms with Gasteiger partial charge in [-0.1, -0.05) is 54.6 Å². The molecule has 5 nitrogen and oxygen atoms in total. The Morgan fingerprint density at radius 3 is 2.16 bits per heavy atom. The third-order valence-corrected chi connectivity index (χ3v) is 4.78. The number of amides is 1. The number of benzene rings is 3. The van der Waals surface area contributed by atoms with E-state index in [-0.39, 0.29) is 17.5 Å². The summed E-state index contributed by atoms with van der Waals surface area (Å²) in [6, 6.07) is 22.6. The highest BCUT2D eigenvalue weighted by Gasteiger charge is 2.04. The highest BCUT2D eigenvalue weighted by atomic mass is 16.1. The van der Waals surface area contributed by atoms with Crippen molar-refractivity contribution in [1.82, 2.24) is 0 Å². The van der Waals surface area contributed by atoms with Gasteiger partial charge in [0.05, 0.1) is 0 Å². The van der Waals surface area contributed by atoms with Gasteiger partial charge in [-0.3, -0.25) is 14.4 Å². The first-order chi connectivity index (χ1) is 15.4. The molecule has 162 valence electrons. The number of hydrogen-bond donors (Lipinski definition) is 2. The third kappa shape index (κ3) is 7.06. The van der Waals surface area contributed by atoms with Crippen LogP contribution in [0, 0.1) is 0 Å². The van der Waals surface area contributed by atoms with Gasteiger partial charge in [0, 0.05) is 36.8 Å². The molecule has 5 heteroatoms. The molecule has 32 heavy (non-hydrogen) atoms. The maximum atomic E-state index is 12.6. The number of hydrogen-bond acceptors (Lipinski definition) is 4. The maximum absolute atomic E-state index is 12.6. The van der Waals surface area contributed by atoms with Crippen LogP contribution < -0.4 is 10.6 Å². The fourth-order valence-corrected chi connectivity index (χ4v) is 3.20. The van der Waals surface area contributed by atoms with Gasteiger partial charge in [-0.15, -0.1) is 0 Å². The van der Waals surface area contributed by atoms with Crippen molar-refractivity contribution in [2.24, 2.45) is 0 Å². The van der Waals surface area contributed by atoms with E-state index in [0.29, 0.717) is 18.5 Å². The van der Waals surface area contributed by atoms with Crippen LogP contribution in [0.5, 0.6) is 0 Å². The predicted molar refractivity (Wildman–Crippen MR) is 129 cm³/mol. The number of carbonyl (C=O) groups excluding carboxylic acids is 3. The van der Waals surface area contributed by atoms with Crippen molar-refractivity contribution in [2.75, 3.05) is 10.6 Å². The summed E-state index contributed by atoms with van der Waals surface area (Å²) < 4.78 is 0. The summed E-state index contributed by atoms with van der Waals surface area (Å²) in [4.78, 5) is 34.9. The standard InChI is InChI=1S/C27H26N2O3/c1-19(30)16-22-8-6-21(7-9-22)12-15-27(32)24-4-3-5-26(17-24)28-18-23-10-13-25(14-11-23)29-20(2)31/h3-15,17,28H,16,18H2,1-2H3,(H,29,31)/b15-12+. The Hall–Kier alpha value is -3.99. The Kier molecular flexibility index (Phi) is 7.70. The van der Waals surface area contributed by atoms with E-state index >= 15 is 0 Å². The molecular formula is C27H26N2O3. The van der Waals surface area contributed by atoms with Crippen molar-refractivity contribution >= 4 is 34.9 Å². The van der Waals surface area contributed by atoms with E-state index in [1.165, 1.54) is 6.92 Å². The van der Waals surface area contributed by atoms with Crippen LogP contribution in [-0.2, 0) is 22.6 Å². The predicted octanol–water partition coefficient (Wildman–Crippen LogP) is 5.28. The Balaban J connectivity index is 1.58. The average molecular weight is 427 g/mol. The van der Waals surface area contributed by atoms with E-state index in [4.69, 9.17) is 0 Å². The van der Waals surface area contributed by atoms with E-state index in [0.717, 1.165) is 28.1 Å². The smallest absolute Gasteiger partial charge is 0.221 e. The normalized spacial score (nSPS) is 10.7. The van der Waals surface area contributed by atoms with E-state index < -0.39 is 0 Å². The molecule has 1 amide bonds. The lowest BCUT2D eigenvalue weighted by atomic mass is 10.1. The summed E-state index contributed by atoms with van der Waals surface area (Å²) in [5.74, 6) is -0.0588. The molecule has 0 saturated heterocycles. The van der Waals surface area contributed by atoms with Crippen molar-refractivity contribution in [2.45, 2.75) is 26.8 Å². The van der Waals surface area contributed by atoms with Gasteiger partial charge >= 0.3 is 0 Å². The van der Waals surface area contributed by atoms with Crippen LogP contribution in [0.4, 0.5) is 11.4 Å². The topological polar surface area (TPSA) is 75.3 Å². The Bertz CT molecular complexity index is 1130. The van der Waals surface area contributed by atoms with Gasteiger partial charge in [-0.2, -0.15) is 0 Å². The molecule has 0 fully saturated rings. The zero-order valence-corrected chi connectivity index (χ0v) is 18.2. The monoisotopic (exact) mass is 426 g/mol. The number of ketones is 2. The lowest BCUT2D eigenvalue weighted by Gasteiger charge is -2.09. The number of allylic oxidation sites excluding steroid dienone is 1. The molecule has 0 unspecified atom stereocenters. The fraction of sp³-hybridized carbons (Fsp3) is 0.148. The summed E-state index contributed by atoms with van der Waals surface area (Å²) in [5.41, 5.74) is 5.13. The van der Waals surface area contributed by atoms with Crippen molar-refractivity contribution in [3.8, 4) is 0 Å². The zero-order chi connectivity index (χ0) is 22.9. The summed E-state index contributed by atoms with van der Waals surface area (Å²) in [5, 5.41) is 6.06. The van der Waals surface area contributed by atoms with E-state index in [9.17, 15) is 14.4 Å². The van der Waals surface area contributed by atoms with Crippen LogP contribution in [-0.4, -0.2) is 17.5 Å². The van der Waals surface area contributed by atoms with Crippen molar-refractivity contribution in [3.05, 3.63) is 101 Å². The molecule has 0 bridgehead atoms. The first-order valence-electron chi connectivity index (χ1n) is 10.4. The molecule has 0 aliphatic carbocycles. The fourth-order valence-electron chi connectivity index (χ4n) is 3.20. The van der Waals surface area contributed by atoms with Crippen molar-refractivity contribution in [3.63, 3.8) is 0 Å². The minimum atomic E-state index is -0.101. The first-order valence-corrected chi connectivity index (χ1v) is 10.4. The van der Waals surface area contributed by atoms with E-state index in [2.05, 4.69) is 10.6 Å². The molecule has 3 aromatic carbocycles. The Morgan fingerprint density at radius 1 is 0.812 bits per heavy atom. The average Bonchev–Trinajstić information content (AvgIpc) is 2.77. The van der Waals surface area contributed by atoms with Crippen LogP contribution in [0.15, 0.2) is 78.9 Å². The zero-order valence-electron chi connectivity index (χ0n) is 18.2. The third-order valence-electron chi connectivity index (χ3n) is 4.78. The minimum Gasteiger partial charge on any atom is -0.381 e. The molecule has 2 N–H and O–H groups in total. The summed E-state index contributed by atoms with van der Waals surface area (Å²) in [7, 11) is 0. The highest BCUT2D eigenvalue weighted by molar-refractivity contribution is 6.07. The van der Waals surface area contributed by atoms with Gasteiger partial charge in [0.15, 0.2) is 5.78 Å². The summed E-state index contributed by atoms with van der Waals surface area (Å²) in [6.07, 6.45) is 3.75. The van der Waals surface area contributed by atoms with Gasteiger partial charge < -0.3 is 10.6 Å². The van der Waals surface area contributed by atoms with Gasteiger partial charge in [0.25, 0.3) is 0 Å². The van der Waals surface area contributed by atoms with Crippen molar-refractivity contribution < 1.29 is 14.4 Å². The molecule has 0 atom stereocenters. The molecule has 3 rings (SSSR count). The molecule has 0 aliphatic heterocycles. The number of rotatable bonds is 9. The van der Waals surface area contributed by atoms with Gasteiger partial charge in [0.2, 0.25) is 5.91 Å². The minimum absolute atomic E-state index is 0.0823. The number of anilines is 2. The quantitative estimate of drug-likeness (QED) is 0.360. The molecule has 0 saturated carbocycles. The van der Waals surface area contributed by atoms with Gasteiger partial charge in [-0.25, -0.2) is 0 Å². The van der Waals surface area contributed by atoms with Crippen molar-refractivity contribution in [1.29, 1.82) is 0 Å². The summed E-state index contributed by atoms with van der Waals surface area (Å²) in [6.45, 7) is 3.64. The second kappa shape index (κ2) is 10.9. The molecular weight excluding hydrogens is 400 g/mol.